The second-order valence-corrected chi connectivity index (χ2v) is 8.38. The molecular formula is C22H18N2O2S2. The van der Waals surface area contributed by atoms with Gasteiger partial charge in [0.2, 0.25) is 11.8 Å². The maximum absolute atomic E-state index is 12.4. The smallest absolute Gasteiger partial charge is 0.229 e. The van der Waals surface area contributed by atoms with Crippen molar-refractivity contribution in [2.75, 3.05) is 10.6 Å². The Bertz CT molecular complexity index is 1010. The van der Waals surface area contributed by atoms with Crippen LogP contribution in [0.3, 0.4) is 0 Å². The van der Waals surface area contributed by atoms with Gasteiger partial charge in [-0.25, -0.2) is 0 Å². The minimum absolute atomic E-state index is 0.0536. The summed E-state index contributed by atoms with van der Waals surface area (Å²) in [6.45, 7) is 0. The van der Waals surface area contributed by atoms with Crippen LogP contribution in [0.25, 0.3) is 10.8 Å². The van der Waals surface area contributed by atoms with E-state index in [0.29, 0.717) is 12.8 Å². The standard InChI is InChI=1S/C22H18N2O2S2/c25-21(13-15-5-3-11-27-15)23-19-9-1-7-17-18(19)8-2-10-20(17)24-22(26)14-16-6-4-12-28-16/h1-12H,13-14H2,(H,23,25)(H,24,26). The lowest BCUT2D eigenvalue weighted by atomic mass is 10.1. The van der Waals surface area contributed by atoms with Gasteiger partial charge in [-0.15, -0.1) is 22.7 Å². The number of anilines is 2. The van der Waals surface area contributed by atoms with Crippen molar-refractivity contribution in [3.05, 3.63) is 81.2 Å². The summed E-state index contributed by atoms with van der Waals surface area (Å²) in [5, 5.41) is 11.7. The molecule has 0 atom stereocenters. The Kier molecular flexibility index (Phi) is 5.50. The molecule has 4 aromatic rings. The van der Waals surface area contributed by atoms with Gasteiger partial charge in [-0.1, -0.05) is 36.4 Å². The summed E-state index contributed by atoms with van der Waals surface area (Å²) >= 11 is 3.14. The molecule has 2 aromatic heterocycles. The van der Waals surface area contributed by atoms with Gasteiger partial charge >= 0.3 is 0 Å². The highest BCUT2D eigenvalue weighted by molar-refractivity contribution is 7.10. The molecule has 2 N–H and O–H groups in total. The molecule has 0 saturated carbocycles. The van der Waals surface area contributed by atoms with E-state index in [-0.39, 0.29) is 11.8 Å². The predicted molar refractivity (Wildman–Crippen MR) is 117 cm³/mol. The van der Waals surface area contributed by atoms with Gasteiger partial charge in [-0.05, 0) is 35.0 Å². The van der Waals surface area contributed by atoms with Crippen molar-refractivity contribution in [2.24, 2.45) is 0 Å². The molecule has 2 amide bonds. The normalized spacial score (nSPS) is 10.7. The van der Waals surface area contributed by atoms with E-state index >= 15 is 0 Å². The summed E-state index contributed by atoms with van der Waals surface area (Å²) in [5.41, 5.74) is 1.49. The summed E-state index contributed by atoms with van der Waals surface area (Å²) in [4.78, 5) is 26.8. The number of nitrogens with one attached hydrogen (secondary N) is 2. The van der Waals surface area contributed by atoms with E-state index in [4.69, 9.17) is 0 Å². The van der Waals surface area contributed by atoms with Crippen molar-refractivity contribution in [1.29, 1.82) is 0 Å². The summed E-state index contributed by atoms with van der Waals surface area (Å²) in [5.74, 6) is -0.107. The lowest BCUT2D eigenvalue weighted by molar-refractivity contribution is -0.116. The first-order valence-electron chi connectivity index (χ1n) is 8.85. The van der Waals surface area contributed by atoms with Crippen LogP contribution in [0.1, 0.15) is 9.75 Å². The third kappa shape index (κ3) is 4.30. The summed E-state index contributed by atoms with van der Waals surface area (Å²) < 4.78 is 0. The lowest BCUT2D eigenvalue weighted by Crippen LogP contribution is -2.15. The number of thiophene rings is 2. The molecule has 0 fully saturated rings. The second-order valence-electron chi connectivity index (χ2n) is 6.31. The van der Waals surface area contributed by atoms with Crippen molar-refractivity contribution < 1.29 is 9.59 Å². The van der Waals surface area contributed by atoms with E-state index in [9.17, 15) is 9.59 Å². The van der Waals surface area contributed by atoms with E-state index in [0.717, 1.165) is 31.9 Å². The molecule has 0 aliphatic rings. The maximum atomic E-state index is 12.4. The van der Waals surface area contributed by atoms with E-state index in [2.05, 4.69) is 10.6 Å². The van der Waals surface area contributed by atoms with Crippen LogP contribution in [-0.2, 0) is 22.4 Å². The van der Waals surface area contributed by atoms with Crippen molar-refractivity contribution >= 4 is 56.6 Å². The molecule has 2 heterocycles. The van der Waals surface area contributed by atoms with Gasteiger partial charge in [0.15, 0.2) is 0 Å². The van der Waals surface area contributed by atoms with Crippen LogP contribution in [0, 0.1) is 0 Å². The Morgan fingerprint density at radius 3 is 1.50 bits per heavy atom. The number of hydrogen-bond donors (Lipinski definition) is 2. The van der Waals surface area contributed by atoms with Crippen molar-refractivity contribution in [1.82, 2.24) is 0 Å². The number of carbonyl (C=O) groups is 2. The molecular weight excluding hydrogens is 388 g/mol. The van der Waals surface area contributed by atoms with Gasteiger partial charge in [0.05, 0.1) is 12.8 Å². The number of amides is 2. The molecule has 0 bridgehead atoms. The molecule has 28 heavy (non-hydrogen) atoms. The molecule has 0 unspecified atom stereocenters. The van der Waals surface area contributed by atoms with Crippen LogP contribution in [-0.4, -0.2) is 11.8 Å². The third-order valence-corrected chi connectivity index (χ3v) is 6.05. The second kappa shape index (κ2) is 8.37. The van der Waals surface area contributed by atoms with Gasteiger partial charge in [0, 0.05) is 31.9 Å². The highest BCUT2D eigenvalue weighted by Gasteiger charge is 2.11. The predicted octanol–water partition coefficient (Wildman–Crippen LogP) is 5.33. The average Bonchev–Trinajstić information content (AvgIpc) is 3.36. The van der Waals surface area contributed by atoms with Crippen LogP contribution < -0.4 is 10.6 Å². The summed E-state index contributed by atoms with van der Waals surface area (Å²) in [6.07, 6.45) is 0.705. The van der Waals surface area contributed by atoms with Crippen LogP contribution >= 0.6 is 22.7 Å². The summed E-state index contributed by atoms with van der Waals surface area (Å²) in [7, 11) is 0. The molecule has 0 radical (unpaired) electrons. The zero-order chi connectivity index (χ0) is 19.3. The minimum atomic E-state index is -0.0536. The first-order valence-corrected chi connectivity index (χ1v) is 10.6. The summed E-state index contributed by atoms with van der Waals surface area (Å²) in [6, 6.07) is 19.2. The molecule has 4 rings (SSSR count). The van der Waals surface area contributed by atoms with Gasteiger partial charge in [-0.2, -0.15) is 0 Å². The topological polar surface area (TPSA) is 58.2 Å². The van der Waals surface area contributed by atoms with Gasteiger partial charge in [0.25, 0.3) is 0 Å². The Balaban J connectivity index is 1.54. The zero-order valence-electron chi connectivity index (χ0n) is 15.0. The van der Waals surface area contributed by atoms with Crippen molar-refractivity contribution in [3.8, 4) is 0 Å². The van der Waals surface area contributed by atoms with Crippen LogP contribution in [0.5, 0.6) is 0 Å². The SMILES string of the molecule is O=C(Cc1cccs1)Nc1cccc2c(NC(=O)Cc3cccs3)cccc12. The highest BCUT2D eigenvalue weighted by atomic mass is 32.1. The monoisotopic (exact) mass is 406 g/mol. The Labute approximate surface area is 170 Å². The Morgan fingerprint density at radius 2 is 1.11 bits per heavy atom. The van der Waals surface area contributed by atoms with Gasteiger partial charge in [0.1, 0.15) is 0 Å². The van der Waals surface area contributed by atoms with Crippen LogP contribution in [0.15, 0.2) is 71.4 Å². The number of hydrogen-bond acceptors (Lipinski definition) is 4. The van der Waals surface area contributed by atoms with E-state index in [1.807, 2.05) is 71.4 Å². The first-order chi connectivity index (χ1) is 13.7. The van der Waals surface area contributed by atoms with Crippen LogP contribution in [0.4, 0.5) is 11.4 Å². The van der Waals surface area contributed by atoms with E-state index in [1.54, 1.807) is 22.7 Å². The molecule has 0 aliphatic carbocycles. The number of fused-ring (bicyclic) bond motifs is 1. The van der Waals surface area contributed by atoms with Gasteiger partial charge < -0.3 is 10.6 Å². The largest absolute Gasteiger partial charge is 0.325 e. The minimum Gasteiger partial charge on any atom is -0.325 e. The molecule has 0 spiro atoms. The molecule has 2 aromatic carbocycles. The lowest BCUT2D eigenvalue weighted by Gasteiger charge is -2.12. The molecule has 4 nitrogen and oxygen atoms in total. The van der Waals surface area contributed by atoms with Crippen molar-refractivity contribution in [2.45, 2.75) is 12.8 Å². The van der Waals surface area contributed by atoms with Crippen LogP contribution in [0.2, 0.25) is 0 Å². The molecule has 0 saturated heterocycles. The number of benzene rings is 2. The average molecular weight is 407 g/mol. The Hall–Kier alpha value is -2.96. The first kappa shape index (κ1) is 18.4. The van der Waals surface area contributed by atoms with Crippen molar-refractivity contribution in [3.63, 3.8) is 0 Å². The fourth-order valence-electron chi connectivity index (χ4n) is 3.06. The Morgan fingerprint density at radius 1 is 0.643 bits per heavy atom. The quantitative estimate of drug-likeness (QED) is 0.455. The zero-order valence-corrected chi connectivity index (χ0v) is 16.6. The van der Waals surface area contributed by atoms with E-state index < -0.39 is 0 Å². The third-order valence-electron chi connectivity index (χ3n) is 4.30. The fourth-order valence-corrected chi connectivity index (χ4v) is 4.47. The molecule has 0 aliphatic heterocycles. The number of rotatable bonds is 6. The molecule has 140 valence electrons. The fraction of sp³-hybridized carbons (Fsp3) is 0.0909. The van der Waals surface area contributed by atoms with Gasteiger partial charge in [-0.3, -0.25) is 9.59 Å². The highest BCUT2D eigenvalue weighted by Crippen LogP contribution is 2.29. The molecule has 6 heteroatoms. The maximum Gasteiger partial charge on any atom is 0.229 e. The van der Waals surface area contributed by atoms with E-state index in [1.165, 1.54) is 0 Å². The number of carbonyl (C=O) groups excluding carboxylic acids is 2.